The maximum atomic E-state index is 5.67. The van der Waals surface area contributed by atoms with Crippen LogP contribution in [-0.4, -0.2) is 35.7 Å². The van der Waals surface area contributed by atoms with Crippen LogP contribution in [-0.2, 0) is 11.3 Å². The van der Waals surface area contributed by atoms with Crippen LogP contribution < -0.4 is 0 Å². The Balaban J connectivity index is 1.43. The fourth-order valence-electron chi connectivity index (χ4n) is 3.09. The summed E-state index contributed by atoms with van der Waals surface area (Å²) in [4.78, 5) is 7.37. The van der Waals surface area contributed by atoms with Crippen LogP contribution in [0.15, 0.2) is 21.9 Å². The molecular weight excluding hydrogens is 296 g/mol. The van der Waals surface area contributed by atoms with Crippen LogP contribution >= 0.6 is 11.3 Å². The van der Waals surface area contributed by atoms with Gasteiger partial charge in [-0.3, -0.25) is 4.90 Å². The van der Waals surface area contributed by atoms with Gasteiger partial charge in [-0.2, -0.15) is 0 Å². The Hall–Kier alpha value is -1.17. The lowest BCUT2D eigenvalue weighted by atomic mass is 10.1. The van der Waals surface area contributed by atoms with Gasteiger partial charge in [0.1, 0.15) is 5.76 Å². The highest BCUT2D eigenvalue weighted by molar-refractivity contribution is 7.13. The Bertz CT molecular complexity index is 626. The molecule has 22 heavy (non-hydrogen) atoms. The monoisotopic (exact) mass is 318 g/mol. The zero-order valence-corrected chi connectivity index (χ0v) is 13.8. The zero-order chi connectivity index (χ0) is 14.9. The summed E-state index contributed by atoms with van der Waals surface area (Å²) in [6.45, 7) is 5.93. The van der Waals surface area contributed by atoms with Gasteiger partial charge in [0.2, 0.25) is 0 Å². The van der Waals surface area contributed by atoms with E-state index in [9.17, 15) is 0 Å². The number of aryl methyl sites for hydroxylation is 1. The van der Waals surface area contributed by atoms with Gasteiger partial charge in [0.25, 0.3) is 0 Å². The van der Waals surface area contributed by atoms with Crippen molar-refractivity contribution in [2.45, 2.75) is 38.8 Å². The summed E-state index contributed by atoms with van der Waals surface area (Å²) in [7, 11) is 0. The van der Waals surface area contributed by atoms with Crippen molar-refractivity contribution in [2.75, 3.05) is 19.8 Å². The smallest absolute Gasteiger partial charge is 0.162 e. The third kappa shape index (κ3) is 3.26. The first-order chi connectivity index (χ1) is 10.8. The molecule has 1 aliphatic carbocycles. The fraction of sp³-hybridized carbons (Fsp3) is 0.588. The summed E-state index contributed by atoms with van der Waals surface area (Å²) < 4.78 is 11.2. The van der Waals surface area contributed by atoms with E-state index in [1.807, 2.05) is 19.1 Å². The van der Waals surface area contributed by atoms with Crippen LogP contribution in [0.5, 0.6) is 0 Å². The van der Waals surface area contributed by atoms with Gasteiger partial charge in [0.05, 0.1) is 12.3 Å². The third-order valence-corrected chi connectivity index (χ3v) is 5.35. The summed E-state index contributed by atoms with van der Waals surface area (Å²) in [5.41, 5.74) is 1.17. The minimum atomic E-state index is 0.700. The Labute approximate surface area is 135 Å². The topological polar surface area (TPSA) is 38.5 Å². The summed E-state index contributed by atoms with van der Waals surface area (Å²) in [5.74, 6) is 2.52. The van der Waals surface area contributed by atoms with Gasteiger partial charge in [-0.1, -0.05) is 0 Å². The molecule has 0 spiro atoms. The van der Waals surface area contributed by atoms with E-state index >= 15 is 0 Å². The van der Waals surface area contributed by atoms with E-state index in [-0.39, 0.29) is 0 Å². The van der Waals surface area contributed by atoms with Crippen molar-refractivity contribution < 1.29 is 9.15 Å². The second-order valence-corrected chi connectivity index (χ2v) is 7.30. The van der Waals surface area contributed by atoms with Crippen molar-refractivity contribution in [3.05, 3.63) is 29.0 Å². The molecule has 1 saturated heterocycles. The van der Waals surface area contributed by atoms with Gasteiger partial charge in [-0.25, -0.2) is 4.98 Å². The van der Waals surface area contributed by atoms with E-state index in [1.54, 1.807) is 11.3 Å². The number of hydrogen-bond donors (Lipinski definition) is 0. The predicted octanol–water partition coefficient (Wildman–Crippen LogP) is 3.71. The Morgan fingerprint density at radius 2 is 2.23 bits per heavy atom. The van der Waals surface area contributed by atoms with Crippen molar-refractivity contribution in [2.24, 2.45) is 5.92 Å². The highest BCUT2D eigenvalue weighted by Gasteiger charge is 2.32. The van der Waals surface area contributed by atoms with Crippen molar-refractivity contribution >= 4 is 11.3 Å². The third-order valence-electron chi connectivity index (χ3n) is 4.45. The van der Waals surface area contributed by atoms with Crippen molar-refractivity contribution in [1.29, 1.82) is 0 Å². The number of thiazole rings is 1. The summed E-state index contributed by atoms with van der Waals surface area (Å²) in [6.07, 6.45) is 3.88. The molecule has 4 nitrogen and oxygen atoms in total. The van der Waals surface area contributed by atoms with Crippen LogP contribution in [0, 0.1) is 12.8 Å². The number of rotatable bonds is 6. The van der Waals surface area contributed by atoms with E-state index in [4.69, 9.17) is 14.1 Å². The molecule has 1 saturated carbocycles. The molecule has 0 N–H and O–H groups in total. The summed E-state index contributed by atoms with van der Waals surface area (Å²) in [6, 6.07) is 4.76. The lowest BCUT2D eigenvalue weighted by molar-refractivity contribution is 0.161. The van der Waals surface area contributed by atoms with E-state index in [0.29, 0.717) is 5.92 Å². The average molecular weight is 318 g/mol. The van der Waals surface area contributed by atoms with Crippen molar-refractivity contribution in [3.63, 3.8) is 0 Å². The van der Waals surface area contributed by atoms with Gasteiger partial charge in [0.15, 0.2) is 10.8 Å². The molecule has 118 valence electrons. The maximum Gasteiger partial charge on any atom is 0.162 e. The first-order valence-corrected chi connectivity index (χ1v) is 8.99. The van der Waals surface area contributed by atoms with Gasteiger partial charge in [0, 0.05) is 31.1 Å². The highest BCUT2D eigenvalue weighted by atomic mass is 32.1. The number of furan rings is 1. The molecule has 0 radical (unpaired) electrons. The minimum Gasteiger partial charge on any atom is -0.459 e. The molecule has 4 rings (SSSR count). The highest BCUT2D eigenvalue weighted by Crippen LogP contribution is 2.32. The molecular formula is C17H22N2O2S. The molecule has 1 unspecified atom stereocenters. The maximum absolute atomic E-state index is 5.67. The van der Waals surface area contributed by atoms with Gasteiger partial charge in [-0.05, 0) is 44.2 Å². The number of aromatic nitrogens is 1. The number of hydrogen-bond acceptors (Lipinski definition) is 5. The zero-order valence-electron chi connectivity index (χ0n) is 13.0. The molecule has 2 fully saturated rings. The molecule has 1 aliphatic heterocycles. The molecule has 1 atom stereocenters. The van der Waals surface area contributed by atoms with Crippen molar-refractivity contribution in [3.8, 4) is 10.8 Å². The van der Waals surface area contributed by atoms with Crippen LogP contribution in [0.1, 0.15) is 30.7 Å². The minimum absolute atomic E-state index is 0.700. The molecule has 2 aromatic heterocycles. The second-order valence-electron chi connectivity index (χ2n) is 6.44. The molecule has 0 aromatic carbocycles. The SMILES string of the molecule is Cc1ccc(-c2nc(CN(CC3CCOC3)C3CC3)cs2)o1. The predicted molar refractivity (Wildman–Crippen MR) is 86.9 cm³/mol. The Kier molecular flexibility index (Phi) is 4.03. The van der Waals surface area contributed by atoms with Crippen LogP contribution in [0.4, 0.5) is 0 Å². The van der Waals surface area contributed by atoms with Crippen LogP contribution in [0.2, 0.25) is 0 Å². The van der Waals surface area contributed by atoms with Gasteiger partial charge >= 0.3 is 0 Å². The quantitative estimate of drug-likeness (QED) is 0.814. The largest absolute Gasteiger partial charge is 0.459 e. The Morgan fingerprint density at radius 3 is 2.91 bits per heavy atom. The average Bonchev–Trinajstić information content (AvgIpc) is 2.92. The number of ether oxygens (including phenoxy) is 1. The second kappa shape index (κ2) is 6.14. The molecule has 3 heterocycles. The lowest BCUT2D eigenvalue weighted by Gasteiger charge is -2.23. The molecule has 2 aromatic rings. The molecule has 0 bridgehead atoms. The molecule has 5 heteroatoms. The van der Waals surface area contributed by atoms with Gasteiger partial charge < -0.3 is 9.15 Å². The first kappa shape index (κ1) is 14.4. The van der Waals surface area contributed by atoms with E-state index in [2.05, 4.69) is 10.3 Å². The van der Waals surface area contributed by atoms with E-state index in [1.165, 1.54) is 25.0 Å². The molecule has 0 amide bonds. The van der Waals surface area contributed by atoms with E-state index in [0.717, 1.165) is 48.9 Å². The molecule has 2 aliphatic rings. The normalized spacial score (nSPS) is 21.8. The fourth-order valence-corrected chi connectivity index (χ4v) is 3.86. The lowest BCUT2D eigenvalue weighted by Crippen LogP contribution is -2.31. The standard InChI is InChI=1S/C17H22N2O2S/c1-12-2-5-16(21-12)17-18-14(11-22-17)9-19(15-3-4-15)8-13-6-7-20-10-13/h2,5,11,13,15H,3-4,6-10H2,1H3. The Morgan fingerprint density at radius 1 is 1.32 bits per heavy atom. The first-order valence-electron chi connectivity index (χ1n) is 8.11. The van der Waals surface area contributed by atoms with Crippen LogP contribution in [0.3, 0.4) is 0 Å². The summed E-state index contributed by atoms with van der Waals surface area (Å²) >= 11 is 1.68. The number of nitrogens with zero attached hydrogens (tertiary/aromatic N) is 2. The van der Waals surface area contributed by atoms with Gasteiger partial charge in [-0.15, -0.1) is 11.3 Å². The van der Waals surface area contributed by atoms with Crippen molar-refractivity contribution in [1.82, 2.24) is 9.88 Å². The van der Waals surface area contributed by atoms with E-state index < -0.39 is 0 Å². The van der Waals surface area contributed by atoms with Crippen LogP contribution in [0.25, 0.3) is 10.8 Å². The summed E-state index contributed by atoms with van der Waals surface area (Å²) in [5, 5.41) is 3.16.